The van der Waals surface area contributed by atoms with E-state index in [2.05, 4.69) is 10.1 Å². The third-order valence-corrected chi connectivity index (χ3v) is 3.99. The molecule has 140 valence electrons. The van der Waals surface area contributed by atoms with Gasteiger partial charge in [-0.2, -0.15) is 0 Å². The lowest BCUT2D eigenvalue weighted by Crippen LogP contribution is -2.30. The number of esters is 1. The highest BCUT2D eigenvalue weighted by Crippen LogP contribution is 2.23. The Balaban J connectivity index is 2.05. The van der Waals surface area contributed by atoms with Gasteiger partial charge in [0.25, 0.3) is 5.91 Å². The smallest absolute Gasteiger partial charge is 0.325 e. The van der Waals surface area contributed by atoms with Gasteiger partial charge >= 0.3 is 5.97 Å². The number of aryl methyl sites for hydroxylation is 2. The van der Waals surface area contributed by atoms with Crippen molar-refractivity contribution in [2.75, 3.05) is 13.7 Å². The Kier molecular flexibility index (Phi) is 6.49. The molecule has 0 unspecified atom stereocenters. The Morgan fingerprint density at radius 1 is 1.04 bits per heavy atom. The Morgan fingerprint density at radius 3 is 2.15 bits per heavy atom. The van der Waals surface area contributed by atoms with E-state index < -0.39 is 11.9 Å². The lowest BCUT2D eigenvalue weighted by molar-refractivity contribution is -0.139. The van der Waals surface area contributed by atoms with Crippen molar-refractivity contribution < 1.29 is 24.2 Å². The maximum absolute atomic E-state index is 12.3. The van der Waals surface area contributed by atoms with Gasteiger partial charge in [-0.3, -0.25) is 14.4 Å². The number of ether oxygens (including phenoxy) is 1. The van der Waals surface area contributed by atoms with Crippen LogP contribution in [0.2, 0.25) is 0 Å². The molecule has 0 saturated heterocycles. The molecule has 2 aromatic rings. The van der Waals surface area contributed by atoms with Gasteiger partial charge in [-0.15, -0.1) is 0 Å². The van der Waals surface area contributed by atoms with Crippen LogP contribution in [-0.2, 0) is 9.53 Å². The van der Waals surface area contributed by atoms with Gasteiger partial charge in [0.2, 0.25) is 0 Å². The summed E-state index contributed by atoms with van der Waals surface area (Å²) in [6.45, 7) is 3.38. The first kappa shape index (κ1) is 19.9. The molecule has 0 radical (unpaired) electrons. The monoisotopic (exact) mass is 367 g/mol. The van der Waals surface area contributed by atoms with E-state index in [4.69, 9.17) is 0 Å². The molecule has 2 aromatic carbocycles. The van der Waals surface area contributed by atoms with Crippen LogP contribution in [0.3, 0.4) is 0 Å². The van der Waals surface area contributed by atoms with Crippen LogP contribution >= 0.6 is 0 Å². The fourth-order valence-corrected chi connectivity index (χ4v) is 2.47. The second-order valence-corrected chi connectivity index (χ2v) is 6.04. The predicted octanol–water partition coefficient (Wildman–Crippen LogP) is 2.81. The first-order valence-corrected chi connectivity index (χ1v) is 8.29. The van der Waals surface area contributed by atoms with E-state index >= 15 is 0 Å². The number of phenolic OH excluding ortho intramolecular Hbond substituents is 1. The molecule has 2 N–H and O–H groups in total. The Morgan fingerprint density at radius 2 is 1.59 bits per heavy atom. The van der Waals surface area contributed by atoms with E-state index in [1.54, 1.807) is 44.2 Å². The second-order valence-electron chi connectivity index (χ2n) is 6.04. The highest BCUT2D eigenvalue weighted by molar-refractivity contribution is 6.07. The first-order chi connectivity index (χ1) is 12.8. The average Bonchev–Trinajstić information content (AvgIpc) is 2.67. The molecule has 0 spiro atoms. The molecule has 27 heavy (non-hydrogen) atoms. The zero-order valence-electron chi connectivity index (χ0n) is 15.4. The summed E-state index contributed by atoms with van der Waals surface area (Å²) in [5.74, 6) is -0.926. The van der Waals surface area contributed by atoms with Crippen LogP contribution in [0.15, 0.2) is 42.5 Å². The number of methoxy groups -OCH3 is 1. The molecule has 0 heterocycles. The number of aromatic hydroxyl groups is 1. The number of amides is 1. The van der Waals surface area contributed by atoms with E-state index in [9.17, 15) is 19.5 Å². The quantitative estimate of drug-likeness (QED) is 0.465. The zero-order chi connectivity index (χ0) is 20.0. The topological polar surface area (TPSA) is 92.7 Å². The Labute approximate surface area is 157 Å². The standard InChI is InChI=1S/C21H21NO5/c1-13-10-15(11-14(2)20(13)25)4-9-18(23)16-5-7-17(8-6-16)21(26)22-12-19(24)27-3/h4-11,25H,12H2,1-3H3,(H,22,26). The van der Waals surface area contributed by atoms with Gasteiger partial charge in [-0.05, 0) is 60.9 Å². The lowest BCUT2D eigenvalue weighted by atomic mass is 10.0. The van der Waals surface area contributed by atoms with Crippen LogP contribution in [0.1, 0.15) is 37.4 Å². The second kappa shape index (κ2) is 8.80. The number of carbonyl (C=O) groups excluding carboxylic acids is 3. The van der Waals surface area contributed by atoms with Crippen molar-refractivity contribution >= 4 is 23.7 Å². The number of ketones is 1. The SMILES string of the molecule is COC(=O)CNC(=O)c1ccc(C(=O)C=Cc2cc(C)c(O)c(C)c2)cc1. The summed E-state index contributed by atoms with van der Waals surface area (Å²) in [7, 11) is 1.24. The van der Waals surface area contributed by atoms with Gasteiger partial charge in [0, 0.05) is 11.1 Å². The van der Waals surface area contributed by atoms with Crippen LogP contribution in [0.4, 0.5) is 0 Å². The first-order valence-electron chi connectivity index (χ1n) is 8.29. The zero-order valence-corrected chi connectivity index (χ0v) is 15.4. The van der Waals surface area contributed by atoms with Gasteiger partial charge in [-0.1, -0.05) is 18.2 Å². The van der Waals surface area contributed by atoms with Crippen molar-refractivity contribution in [3.05, 3.63) is 70.3 Å². The third-order valence-electron chi connectivity index (χ3n) is 3.99. The Hall–Kier alpha value is -3.41. The van der Waals surface area contributed by atoms with Crippen molar-refractivity contribution in [3.8, 4) is 5.75 Å². The molecule has 0 aliphatic rings. The van der Waals surface area contributed by atoms with E-state index in [1.807, 2.05) is 0 Å². The van der Waals surface area contributed by atoms with Gasteiger partial charge in [-0.25, -0.2) is 0 Å². The number of carbonyl (C=O) groups is 3. The fourth-order valence-electron chi connectivity index (χ4n) is 2.47. The van der Waals surface area contributed by atoms with Crippen LogP contribution in [0, 0.1) is 13.8 Å². The van der Waals surface area contributed by atoms with Crippen LogP contribution < -0.4 is 5.32 Å². The number of phenols is 1. The summed E-state index contributed by atoms with van der Waals surface area (Å²) in [4.78, 5) is 35.2. The van der Waals surface area contributed by atoms with Crippen LogP contribution in [-0.4, -0.2) is 36.4 Å². The maximum atomic E-state index is 12.3. The predicted molar refractivity (Wildman–Crippen MR) is 102 cm³/mol. The van der Waals surface area contributed by atoms with Crippen molar-refractivity contribution in [3.63, 3.8) is 0 Å². The highest BCUT2D eigenvalue weighted by atomic mass is 16.5. The minimum atomic E-state index is -0.542. The third kappa shape index (κ3) is 5.28. The minimum absolute atomic E-state index is 0.208. The molecule has 1 amide bonds. The maximum Gasteiger partial charge on any atom is 0.325 e. The van der Waals surface area contributed by atoms with Crippen LogP contribution in [0.5, 0.6) is 5.75 Å². The highest BCUT2D eigenvalue weighted by Gasteiger charge is 2.09. The summed E-state index contributed by atoms with van der Waals surface area (Å²) in [6.07, 6.45) is 3.12. The van der Waals surface area contributed by atoms with Gasteiger partial charge < -0.3 is 15.2 Å². The van der Waals surface area contributed by atoms with Gasteiger partial charge in [0.05, 0.1) is 7.11 Å². The molecule has 2 rings (SSSR count). The number of hydrogen-bond donors (Lipinski definition) is 2. The molecule has 0 aliphatic carbocycles. The van der Waals surface area contributed by atoms with E-state index in [0.29, 0.717) is 11.1 Å². The number of benzene rings is 2. The summed E-state index contributed by atoms with van der Waals surface area (Å²) in [5.41, 5.74) is 3.07. The number of rotatable bonds is 6. The lowest BCUT2D eigenvalue weighted by Gasteiger charge is -2.05. The number of hydrogen-bond acceptors (Lipinski definition) is 5. The minimum Gasteiger partial charge on any atom is -0.507 e. The summed E-state index contributed by atoms with van der Waals surface area (Å²) < 4.78 is 4.45. The fraction of sp³-hybridized carbons (Fsp3) is 0.190. The van der Waals surface area contributed by atoms with Crippen molar-refractivity contribution in [1.29, 1.82) is 0 Å². The summed E-state index contributed by atoms with van der Waals surface area (Å²) >= 11 is 0. The van der Waals surface area contributed by atoms with Gasteiger partial charge in [0.1, 0.15) is 12.3 Å². The molecule has 6 nitrogen and oxygen atoms in total. The summed E-state index contributed by atoms with van der Waals surface area (Å²) in [5, 5.41) is 12.2. The van der Waals surface area contributed by atoms with Crippen molar-refractivity contribution in [1.82, 2.24) is 5.32 Å². The molecule has 0 saturated carbocycles. The molecular weight excluding hydrogens is 346 g/mol. The molecule has 0 fully saturated rings. The van der Waals surface area contributed by atoms with Crippen molar-refractivity contribution in [2.24, 2.45) is 0 Å². The largest absolute Gasteiger partial charge is 0.507 e. The van der Waals surface area contributed by atoms with Crippen molar-refractivity contribution in [2.45, 2.75) is 13.8 Å². The number of allylic oxidation sites excluding steroid dienone is 1. The normalized spacial score (nSPS) is 10.6. The van der Waals surface area contributed by atoms with E-state index in [-0.39, 0.29) is 18.1 Å². The molecule has 0 aliphatic heterocycles. The molecule has 0 aromatic heterocycles. The van der Waals surface area contributed by atoms with E-state index in [0.717, 1.165) is 16.7 Å². The van der Waals surface area contributed by atoms with Gasteiger partial charge in [0.15, 0.2) is 5.78 Å². The Bertz CT molecular complexity index is 874. The molecule has 6 heteroatoms. The van der Waals surface area contributed by atoms with Crippen LogP contribution in [0.25, 0.3) is 6.08 Å². The summed E-state index contributed by atoms with van der Waals surface area (Å²) in [6, 6.07) is 9.72. The molecule has 0 atom stereocenters. The average molecular weight is 367 g/mol. The molecular formula is C21H21NO5. The number of nitrogens with one attached hydrogen (secondary N) is 1. The molecule has 0 bridgehead atoms. The van der Waals surface area contributed by atoms with E-state index in [1.165, 1.54) is 25.3 Å².